The first-order chi connectivity index (χ1) is 18.9. The summed E-state index contributed by atoms with van der Waals surface area (Å²) in [6, 6.07) is 10.5. The largest absolute Gasteiger partial charge is 0.389 e. The number of nitrogens with zero attached hydrogens (tertiary/aromatic N) is 4. The number of amides is 1. The molecule has 206 valence electrons. The van der Waals surface area contributed by atoms with Crippen LogP contribution in [0.15, 0.2) is 46.4 Å². The number of carbonyl (C=O) groups excluding carboxylic acids is 1. The number of anilines is 2. The van der Waals surface area contributed by atoms with Crippen molar-refractivity contribution in [2.45, 2.75) is 48.0 Å². The maximum absolute atomic E-state index is 13.4. The first-order valence-corrected chi connectivity index (χ1v) is 15.4. The monoisotopic (exact) mass is 570 g/mol. The van der Waals surface area contributed by atoms with Gasteiger partial charge in [0, 0.05) is 31.1 Å². The third-order valence-corrected chi connectivity index (χ3v) is 10.4. The van der Waals surface area contributed by atoms with Gasteiger partial charge >= 0.3 is 0 Å². The number of nitrogens with one attached hydrogen (secondary N) is 2. The van der Waals surface area contributed by atoms with E-state index in [1.807, 2.05) is 19.2 Å². The third-order valence-electron chi connectivity index (χ3n) is 7.20. The molecule has 1 saturated carbocycles. The fourth-order valence-electron chi connectivity index (χ4n) is 4.72. The van der Waals surface area contributed by atoms with Gasteiger partial charge in [-0.3, -0.25) is 10.1 Å². The Morgan fingerprint density at radius 1 is 1.13 bits per heavy atom. The molecule has 6 rings (SSSR count). The number of hydrogen-bond donors (Lipinski definition) is 2. The minimum Gasteiger partial charge on any atom is -0.389 e. The fourth-order valence-corrected chi connectivity index (χ4v) is 7.20. The lowest BCUT2D eigenvalue weighted by atomic mass is 10.1. The zero-order chi connectivity index (χ0) is 27.0. The molecule has 0 bridgehead atoms. The number of likely N-dealkylation sites (N-methyl/N-ethyl adjacent to an activating group) is 1. The van der Waals surface area contributed by atoms with Crippen molar-refractivity contribution in [3.63, 3.8) is 0 Å². The molecule has 2 aromatic heterocycles. The minimum atomic E-state index is -3.34. The predicted octanol–water partition coefficient (Wildman–Crippen LogP) is 2.57. The number of oxime groups is 1. The molecule has 13 heteroatoms. The lowest BCUT2D eigenvalue weighted by Crippen LogP contribution is -2.29. The van der Waals surface area contributed by atoms with Crippen LogP contribution in [0, 0.1) is 0 Å². The Morgan fingerprint density at radius 2 is 1.95 bits per heavy atom. The van der Waals surface area contributed by atoms with Gasteiger partial charge in [-0.1, -0.05) is 28.6 Å². The lowest BCUT2D eigenvalue weighted by molar-refractivity contribution is -0.110. The molecule has 1 unspecified atom stereocenters. The van der Waals surface area contributed by atoms with E-state index in [4.69, 9.17) is 14.6 Å². The molecular formula is C26H30N6O5S2. The molecule has 1 amide bonds. The van der Waals surface area contributed by atoms with Gasteiger partial charge in [0.1, 0.15) is 16.2 Å². The molecule has 2 atom stereocenters. The van der Waals surface area contributed by atoms with Crippen molar-refractivity contribution in [1.29, 1.82) is 0 Å². The Morgan fingerprint density at radius 3 is 2.64 bits per heavy atom. The highest BCUT2D eigenvalue weighted by molar-refractivity contribution is 7.92. The van der Waals surface area contributed by atoms with E-state index in [-0.39, 0.29) is 22.0 Å². The molecule has 3 aromatic rings. The summed E-state index contributed by atoms with van der Waals surface area (Å²) in [4.78, 5) is 31.5. The van der Waals surface area contributed by atoms with Crippen molar-refractivity contribution < 1.29 is 22.8 Å². The summed E-state index contributed by atoms with van der Waals surface area (Å²) >= 11 is 1.29. The van der Waals surface area contributed by atoms with Crippen molar-refractivity contribution in [3.8, 4) is 0 Å². The van der Waals surface area contributed by atoms with E-state index in [1.165, 1.54) is 23.5 Å². The van der Waals surface area contributed by atoms with Crippen LogP contribution in [0.25, 0.3) is 10.3 Å². The molecule has 1 aliphatic carbocycles. The van der Waals surface area contributed by atoms with Crippen molar-refractivity contribution >= 4 is 54.1 Å². The number of thiazole rings is 1. The topological polar surface area (TPSA) is 135 Å². The summed E-state index contributed by atoms with van der Waals surface area (Å²) in [6.45, 7) is 2.79. The van der Waals surface area contributed by atoms with E-state index in [0.717, 1.165) is 30.2 Å². The van der Waals surface area contributed by atoms with Gasteiger partial charge in [0.25, 0.3) is 5.91 Å². The fraction of sp³-hybridized carbons (Fsp3) is 0.462. The number of pyridine rings is 1. The van der Waals surface area contributed by atoms with Gasteiger partial charge in [-0.2, -0.15) is 0 Å². The zero-order valence-electron chi connectivity index (χ0n) is 21.5. The van der Waals surface area contributed by atoms with Gasteiger partial charge < -0.3 is 19.8 Å². The molecule has 3 aliphatic rings. The van der Waals surface area contributed by atoms with Crippen LogP contribution in [0.2, 0.25) is 0 Å². The second-order valence-electron chi connectivity index (χ2n) is 9.99. The third kappa shape index (κ3) is 5.62. The van der Waals surface area contributed by atoms with Crippen LogP contribution in [-0.2, 0) is 24.2 Å². The summed E-state index contributed by atoms with van der Waals surface area (Å²) in [5.41, 5.74) is 1.16. The number of sulfone groups is 1. The molecule has 2 aliphatic heterocycles. The Labute approximate surface area is 230 Å². The summed E-state index contributed by atoms with van der Waals surface area (Å²) < 4.78 is 30.6. The SMILES string of the molecule is CNC1CCN(c2ccc3nc(NC(=O)C(=NO[C@@H]4CCOC4)c4ccc(S(=O)(=O)C5CC5)cc4)sc3n2)C1. The Hall–Kier alpha value is -3.13. The normalized spacial score (nSPS) is 22.0. The van der Waals surface area contributed by atoms with Crippen molar-refractivity contribution in [3.05, 3.63) is 42.0 Å². The van der Waals surface area contributed by atoms with Gasteiger partial charge in [0.15, 0.2) is 26.8 Å². The van der Waals surface area contributed by atoms with Gasteiger partial charge in [-0.15, -0.1) is 0 Å². The first-order valence-electron chi connectivity index (χ1n) is 13.1. The zero-order valence-corrected chi connectivity index (χ0v) is 23.1. The molecule has 0 spiro atoms. The number of fused-ring (bicyclic) bond motifs is 1. The Kier molecular flexibility index (Phi) is 7.23. The van der Waals surface area contributed by atoms with Crippen LogP contribution < -0.4 is 15.5 Å². The van der Waals surface area contributed by atoms with Crippen LogP contribution in [0.3, 0.4) is 0 Å². The van der Waals surface area contributed by atoms with Crippen LogP contribution >= 0.6 is 11.3 Å². The average Bonchev–Trinajstić information content (AvgIpc) is 3.31. The maximum atomic E-state index is 13.4. The summed E-state index contributed by atoms with van der Waals surface area (Å²) in [5.74, 6) is 0.375. The van der Waals surface area contributed by atoms with Gasteiger partial charge in [-0.25, -0.2) is 18.4 Å². The second-order valence-corrected chi connectivity index (χ2v) is 13.2. The van der Waals surface area contributed by atoms with Crippen molar-refractivity contribution in [1.82, 2.24) is 15.3 Å². The summed E-state index contributed by atoms with van der Waals surface area (Å²) in [6.07, 6.45) is 2.85. The van der Waals surface area contributed by atoms with Crippen LogP contribution in [0.4, 0.5) is 10.9 Å². The Balaban J connectivity index is 1.22. The van der Waals surface area contributed by atoms with Crippen molar-refractivity contribution in [2.75, 3.05) is 43.6 Å². The number of benzene rings is 1. The van der Waals surface area contributed by atoms with Crippen LogP contribution in [-0.4, -0.2) is 80.8 Å². The number of aromatic nitrogens is 2. The van der Waals surface area contributed by atoms with Gasteiger partial charge in [-0.05, 0) is 50.6 Å². The summed E-state index contributed by atoms with van der Waals surface area (Å²) in [7, 11) is -1.37. The predicted molar refractivity (Wildman–Crippen MR) is 149 cm³/mol. The van der Waals surface area contributed by atoms with Gasteiger partial charge in [0.05, 0.1) is 23.4 Å². The van der Waals surface area contributed by atoms with Crippen molar-refractivity contribution in [2.24, 2.45) is 5.16 Å². The van der Waals surface area contributed by atoms with Gasteiger partial charge in [0.2, 0.25) is 0 Å². The number of carbonyl (C=O) groups is 1. The maximum Gasteiger partial charge on any atom is 0.280 e. The minimum absolute atomic E-state index is 0.0281. The van der Waals surface area contributed by atoms with E-state index in [1.54, 1.807) is 12.1 Å². The van der Waals surface area contributed by atoms with E-state index in [9.17, 15) is 13.2 Å². The highest BCUT2D eigenvalue weighted by Gasteiger charge is 2.37. The number of ether oxygens (including phenoxy) is 1. The molecule has 2 saturated heterocycles. The highest BCUT2D eigenvalue weighted by Crippen LogP contribution is 2.33. The standard InChI is InChI=1S/C26H30N6O5S2/c1-27-17-10-12-32(14-17)22-9-8-21-25(29-22)38-26(28-21)30-24(33)23(31-37-18-11-13-36-15-18)16-2-4-19(5-3-16)39(34,35)20-6-7-20/h2-5,8-9,17-18,20,27H,6-7,10-15H2,1H3,(H,28,30,33)/t17?,18-/m1/s1. The molecule has 0 radical (unpaired) electrons. The van der Waals surface area contributed by atoms with Crippen LogP contribution in [0.5, 0.6) is 0 Å². The smallest absolute Gasteiger partial charge is 0.280 e. The lowest BCUT2D eigenvalue weighted by Gasteiger charge is -2.16. The molecule has 3 fully saturated rings. The highest BCUT2D eigenvalue weighted by atomic mass is 32.2. The number of rotatable bonds is 9. The summed E-state index contributed by atoms with van der Waals surface area (Å²) in [5, 5.41) is 10.4. The van der Waals surface area contributed by atoms with E-state index in [2.05, 4.69) is 25.7 Å². The average molecular weight is 571 g/mol. The molecule has 4 heterocycles. The second kappa shape index (κ2) is 10.8. The molecular weight excluding hydrogens is 540 g/mol. The van der Waals surface area contributed by atoms with E-state index < -0.39 is 15.7 Å². The molecule has 39 heavy (non-hydrogen) atoms. The molecule has 11 nitrogen and oxygen atoms in total. The Bertz CT molecular complexity index is 1500. The van der Waals surface area contributed by atoms with E-state index >= 15 is 0 Å². The first kappa shape index (κ1) is 26.1. The van der Waals surface area contributed by atoms with Crippen LogP contribution in [0.1, 0.15) is 31.2 Å². The molecule has 2 N–H and O–H groups in total. The molecule has 1 aromatic carbocycles. The van der Waals surface area contributed by atoms with E-state index in [0.29, 0.717) is 54.7 Å². The quantitative estimate of drug-likeness (QED) is 0.294. The number of hydrogen-bond acceptors (Lipinski definition) is 11.